The first-order valence-corrected chi connectivity index (χ1v) is 9.30. The van der Waals surface area contributed by atoms with Crippen molar-refractivity contribution < 1.29 is 27.6 Å². The van der Waals surface area contributed by atoms with Gasteiger partial charge in [0.15, 0.2) is 5.75 Å². The zero-order valence-corrected chi connectivity index (χ0v) is 15.9. The van der Waals surface area contributed by atoms with E-state index in [1.54, 1.807) is 6.07 Å². The molecule has 0 fully saturated rings. The van der Waals surface area contributed by atoms with E-state index in [2.05, 4.69) is 0 Å². The van der Waals surface area contributed by atoms with Crippen molar-refractivity contribution in [3.8, 4) is 17.2 Å². The molecule has 0 amide bonds. The summed E-state index contributed by atoms with van der Waals surface area (Å²) in [5, 5.41) is 11.1. The van der Waals surface area contributed by atoms with E-state index in [4.69, 9.17) is 14.2 Å². The lowest BCUT2D eigenvalue weighted by molar-refractivity contribution is -0.385. The topological polar surface area (TPSA) is 108 Å². The Morgan fingerprint density at radius 3 is 2.15 bits per heavy atom. The lowest BCUT2D eigenvalue weighted by Gasteiger charge is -2.12. The molecule has 2 rings (SSSR count). The van der Waals surface area contributed by atoms with E-state index in [9.17, 15) is 18.5 Å². The molecule has 0 radical (unpaired) electrons. The van der Waals surface area contributed by atoms with Gasteiger partial charge in [-0.05, 0) is 36.4 Å². The van der Waals surface area contributed by atoms with Gasteiger partial charge >= 0.3 is 5.69 Å². The minimum absolute atomic E-state index is 0.0743. The molecule has 146 valence electrons. The number of methoxy groups -OCH3 is 1. The number of nitrogens with zero attached hydrogens (tertiary/aromatic N) is 2. The molecule has 10 heteroatoms. The van der Waals surface area contributed by atoms with Gasteiger partial charge in [-0.1, -0.05) is 0 Å². The largest absolute Gasteiger partial charge is 0.496 e. The van der Waals surface area contributed by atoms with Crippen LogP contribution in [0.3, 0.4) is 0 Å². The van der Waals surface area contributed by atoms with Gasteiger partial charge in [0.2, 0.25) is 10.0 Å². The number of nitro groups is 1. The lowest BCUT2D eigenvalue weighted by atomic mass is 10.3. The molecule has 2 aromatic rings. The van der Waals surface area contributed by atoms with Crippen molar-refractivity contribution in [3.05, 3.63) is 52.6 Å². The molecule has 0 heterocycles. The van der Waals surface area contributed by atoms with Crippen molar-refractivity contribution in [2.24, 2.45) is 0 Å². The first-order chi connectivity index (χ1) is 12.8. The van der Waals surface area contributed by atoms with Crippen LogP contribution in [0.25, 0.3) is 0 Å². The van der Waals surface area contributed by atoms with Crippen LogP contribution in [0, 0.1) is 10.1 Å². The van der Waals surface area contributed by atoms with Crippen molar-refractivity contribution in [2.45, 2.75) is 4.90 Å². The average Bonchev–Trinajstić information content (AvgIpc) is 2.65. The zero-order chi connectivity index (χ0) is 20.0. The van der Waals surface area contributed by atoms with Gasteiger partial charge in [0.05, 0.1) is 23.0 Å². The summed E-state index contributed by atoms with van der Waals surface area (Å²) in [7, 11) is 0.832. The molecule has 0 aliphatic heterocycles. The van der Waals surface area contributed by atoms with Crippen LogP contribution in [0.4, 0.5) is 5.69 Å². The maximum atomic E-state index is 12.0. The molecule has 0 spiro atoms. The minimum atomic E-state index is -3.49. The molecule has 0 saturated heterocycles. The molecule has 0 aliphatic carbocycles. The molecule has 0 aromatic heterocycles. The first-order valence-electron chi connectivity index (χ1n) is 7.86. The third-order valence-corrected chi connectivity index (χ3v) is 5.40. The van der Waals surface area contributed by atoms with Crippen molar-refractivity contribution in [3.63, 3.8) is 0 Å². The van der Waals surface area contributed by atoms with Gasteiger partial charge in [0.1, 0.15) is 24.7 Å². The van der Waals surface area contributed by atoms with E-state index in [1.165, 1.54) is 57.6 Å². The zero-order valence-electron chi connectivity index (χ0n) is 15.1. The summed E-state index contributed by atoms with van der Waals surface area (Å²) in [6, 6.07) is 10.3. The summed E-state index contributed by atoms with van der Waals surface area (Å²) in [6.07, 6.45) is 0. The Bertz CT molecular complexity index is 896. The fraction of sp³-hybridized carbons (Fsp3) is 0.294. The maximum Gasteiger partial charge on any atom is 0.314 e. The SMILES string of the molecule is COc1ccc(OCCOc2ccc(S(=O)(=O)N(C)C)cc2)c([N+](=O)[O-])c1. The van der Waals surface area contributed by atoms with E-state index in [1.807, 2.05) is 0 Å². The molecule has 27 heavy (non-hydrogen) atoms. The summed E-state index contributed by atoms with van der Waals surface area (Å²) in [5.41, 5.74) is -0.201. The molecule has 0 bridgehead atoms. The Labute approximate surface area is 157 Å². The Kier molecular flexibility index (Phi) is 6.59. The van der Waals surface area contributed by atoms with Gasteiger partial charge in [-0.15, -0.1) is 0 Å². The maximum absolute atomic E-state index is 12.0. The van der Waals surface area contributed by atoms with E-state index < -0.39 is 14.9 Å². The van der Waals surface area contributed by atoms with Gasteiger partial charge < -0.3 is 14.2 Å². The number of ether oxygens (including phenoxy) is 3. The monoisotopic (exact) mass is 396 g/mol. The van der Waals surface area contributed by atoms with Crippen LogP contribution < -0.4 is 14.2 Å². The van der Waals surface area contributed by atoms with Crippen LogP contribution >= 0.6 is 0 Å². The fourth-order valence-electron chi connectivity index (χ4n) is 2.12. The number of benzene rings is 2. The third-order valence-electron chi connectivity index (χ3n) is 3.57. The molecule has 0 aliphatic rings. The molecule has 0 N–H and O–H groups in total. The van der Waals surface area contributed by atoms with Crippen LogP contribution in [0.1, 0.15) is 0 Å². The molecule has 0 atom stereocenters. The molecular weight excluding hydrogens is 376 g/mol. The summed E-state index contributed by atoms with van der Waals surface area (Å²) in [6.45, 7) is 0.202. The van der Waals surface area contributed by atoms with E-state index in [-0.39, 0.29) is 29.5 Å². The van der Waals surface area contributed by atoms with Crippen LogP contribution in [-0.4, -0.2) is 52.1 Å². The summed E-state index contributed by atoms with van der Waals surface area (Å²) in [4.78, 5) is 10.7. The van der Waals surface area contributed by atoms with Crippen molar-refractivity contribution in [2.75, 3.05) is 34.4 Å². The lowest BCUT2D eigenvalue weighted by Crippen LogP contribution is -2.22. The van der Waals surface area contributed by atoms with Gasteiger partial charge in [0, 0.05) is 14.1 Å². The number of nitro benzene ring substituents is 1. The highest BCUT2D eigenvalue weighted by Crippen LogP contribution is 2.31. The third kappa shape index (κ3) is 5.08. The predicted octanol–water partition coefficient (Wildman–Crippen LogP) is 2.31. The molecule has 2 aromatic carbocycles. The highest BCUT2D eigenvalue weighted by atomic mass is 32.2. The normalized spacial score (nSPS) is 11.3. The van der Waals surface area contributed by atoms with Crippen LogP contribution in [0.5, 0.6) is 17.2 Å². The van der Waals surface area contributed by atoms with Gasteiger partial charge in [-0.25, -0.2) is 12.7 Å². The standard InChI is InChI=1S/C17H20N2O7S/c1-18(2)27(22,23)15-7-4-13(5-8-15)25-10-11-26-17-9-6-14(24-3)12-16(17)19(20)21/h4-9,12H,10-11H2,1-3H3. The number of rotatable bonds is 9. The number of hydrogen-bond acceptors (Lipinski definition) is 7. The van der Waals surface area contributed by atoms with Crippen LogP contribution in [-0.2, 0) is 10.0 Å². The Morgan fingerprint density at radius 1 is 1.00 bits per heavy atom. The van der Waals surface area contributed by atoms with Crippen molar-refractivity contribution >= 4 is 15.7 Å². The van der Waals surface area contributed by atoms with Crippen molar-refractivity contribution in [1.29, 1.82) is 0 Å². The highest BCUT2D eigenvalue weighted by Gasteiger charge is 2.17. The van der Waals surface area contributed by atoms with Crippen molar-refractivity contribution in [1.82, 2.24) is 4.31 Å². The second-order valence-corrected chi connectivity index (χ2v) is 7.70. The molecule has 0 unspecified atom stereocenters. The van der Waals surface area contributed by atoms with E-state index >= 15 is 0 Å². The first kappa shape index (κ1) is 20.5. The molecular formula is C17H20N2O7S. The second-order valence-electron chi connectivity index (χ2n) is 5.55. The molecule has 0 saturated carbocycles. The summed E-state index contributed by atoms with van der Waals surface area (Å²) in [5.74, 6) is 0.926. The average molecular weight is 396 g/mol. The van der Waals surface area contributed by atoms with Gasteiger partial charge in [-0.2, -0.15) is 0 Å². The molecule has 9 nitrogen and oxygen atoms in total. The van der Waals surface area contributed by atoms with Crippen LogP contribution in [0.2, 0.25) is 0 Å². The van der Waals surface area contributed by atoms with Gasteiger partial charge in [-0.3, -0.25) is 10.1 Å². The summed E-state index contributed by atoms with van der Waals surface area (Å²) >= 11 is 0. The Morgan fingerprint density at radius 2 is 1.59 bits per heavy atom. The van der Waals surface area contributed by atoms with E-state index in [0.717, 1.165) is 4.31 Å². The van der Waals surface area contributed by atoms with Gasteiger partial charge in [0.25, 0.3) is 0 Å². The number of hydrogen-bond donors (Lipinski definition) is 0. The smallest absolute Gasteiger partial charge is 0.314 e. The van der Waals surface area contributed by atoms with Crippen LogP contribution in [0.15, 0.2) is 47.4 Å². The number of sulfonamides is 1. The van der Waals surface area contributed by atoms with E-state index in [0.29, 0.717) is 11.5 Å². The Hall–Kier alpha value is -2.85. The fourth-order valence-corrected chi connectivity index (χ4v) is 3.02. The second kappa shape index (κ2) is 8.69. The predicted molar refractivity (Wildman–Crippen MR) is 98.0 cm³/mol. The quantitative estimate of drug-likeness (QED) is 0.363. The minimum Gasteiger partial charge on any atom is -0.496 e. The summed E-state index contributed by atoms with van der Waals surface area (Å²) < 4.78 is 41.0. The highest BCUT2D eigenvalue weighted by molar-refractivity contribution is 7.89. The Balaban J connectivity index is 1.93.